The highest BCUT2D eigenvalue weighted by atomic mass is 32.1. The van der Waals surface area contributed by atoms with Crippen LogP contribution in [0.25, 0.3) is 0 Å². The number of thiocarbonyl (C=S) groups is 1. The van der Waals surface area contributed by atoms with Gasteiger partial charge in [-0.1, -0.05) is 6.58 Å². The normalized spacial score (nSPS) is 10.4. The van der Waals surface area contributed by atoms with E-state index in [1.165, 1.54) is 6.42 Å². The van der Waals surface area contributed by atoms with E-state index in [4.69, 9.17) is 12.2 Å². The van der Waals surface area contributed by atoms with Gasteiger partial charge in [0.1, 0.15) is 0 Å². The van der Waals surface area contributed by atoms with Gasteiger partial charge in [0.15, 0.2) is 5.11 Å². The highest BCUT2D eigenvalue weighted by molar-refractivity contribution is 7.80. The summed E-state index contributed by atoms with van der Waals surface area (Å²) < 4.78 is 0. The average molecular weight is 286 g/mol. The average Bonchev–Trinajstić information content (AvgIpc) is 2.25. The maximum Gasteiger partial charge on any atom is 0.166 e. The van der Waals surface area contributed by atoms with Crippen molar-refractivity contribution in [1.82, 2.24) is 21.3 Å². The molecule has 0 aromatic rings. The summed E-state index contributed by atoms with van der Waals surface area (Å²) in [5.74, 6) is 0.912. The number of unbranched alkanes of at least 4 members (excludes halogenated alkanes) is 2. The lowest BCUT2D eigenvalue weighted by Gasteiger charge is -2.15. The van der Waals surface area contributed by atoms with Gasteiger partial charge in [0.25, 0.3) is 0 Å². The quantitative estimate of drug-likeness (QED) is 0.366. The molecule has 5 heteroatoms. The zero-order chi connectivity index (χ0) is 14.7. The van der Waals surface area contributed by atoms with Crippen LogP contribution < -0.4 is 21.3 Å². The molecule has 19 heavy (non-hydrogen) atoms. The van der Waals surface area contributed by atoms with Crippen LogP contribution in [0.5, 0.6) is 0 Å². The lowest BCUT2D eigenvalue weighted by atomic mass is 10.2. The second kappa shape index (κ2) is 10.9. The zero-order valence-electron chi connectivity index (χ0n) is 12.8. The van der Waals surface area contributed by atoms with Crippen molar-refractivity contribution in [2.45, 2.75) is 59.0 Å². The Bertz CT molecular complexity index is 238. The summed E-state index contributed by atoms with van der Waals surface area (Å²) in [5.41, 5.74) is 0. The maximum atomic E-state index is 5.15. The van der Waals surface area contributed by atoms with Gasteiger partial charge >= 0.3 is 0 Å². The predicted octanol–water partition coefficient (Wildman–Crippen LogP) is 2.09. The molecule has 0 unspecified atom stereocenters. The van der Waals surface area contributed by atoms with Gasteiger partial charge in [-0.05, 0) is 59.2 Å². The highest BCUT2D eigenvalue weighted by Crippen LogP contribution is 1.94. The molecular weight excluding hydrogens is 256 g/mol. The third-order valence-electron chi connectivity index (χ3n) is 2.36. The molecule has 0 aromatic heterocycles. The molecular formula is C14H30N4S. The van der Waals surface area contributed by atoms with Gasteiger partial charge in [-0.25, -0.2) is 0 Å². The first kappa shape index (κ1) is 18.0. The lowest BCUT2D eigenvalue weighted by molar-refractivity contribution is 0.579. The minimum atomic E-state index is 0.392. The molecule has 0 spiro atoms. The molecule has 0 aliphatic rings. The Morgan fingerprint density at radius 1 is 0.895 bits per heavy atom. The van der Waals surface area contributed by atoms with Crippen LogP contribution >= 0.6 is 12.2 Å². The molecule has 0 saturated carbocycles. The zero-order valence-corrected chi connectivity index (χ0v) is 13.6. The van der Waals surface area contributed by atoms with Crippen LogP contribution in [0.1, 0.15) is 47.0 Å². The van der Waals surface area contributed by atoms with Crippen molar-refractivity contribution in [1.29, 1.82) is 0 Å². The molecule has 112 valence electrons. The molecule has 4 N–H and O–H groups in total. The Hall–Kier alpha value is -0.970. The standard InChI is InChI=1S/C14H30N4S/c1-11(2)17-13(5)15-9-7-6-8-10-16-14(19)18-12(3)4/h11-12,15,17H,5-10H2,1-4H3,(H2,16,18,19). The third-order valence-corrected chi connectivity index (χ3v) is 2.62. The largest absolute Gasteiger partial charge is 0.372 e. The van der Waals surface area contributed by atoms with E-state index in [0.717, 1.165) is 36.9 Å². The molecule has 0 saturated heterocycles. The van der Waals surface area contributed by atoms with Crippen molar-refractivity contribution in [3.63, 3.8) is 0 Å². The van der Waals surface area contributed by atoms with Gasteiger partial charge in [-0.15, -0.1) is 0 Å². The number of rotatable bonds is 10. The molecule has 4 nitrogen and oxygen atoms in total. The second-order valence-corrected chi connectivity index (χ2v) is 5.73. The fraction of sp³-hybridized carbons (Fsp3) is 0.786. The molecule has 0 rings (SSSR count). The Morgan fingerprint density at radius 2 is 1.42 bits per heavy atom. The number of nitrogens with one attached hydrogen (secondary N) is 4. The summed E-state index contributed by atoms with van der Waals surface area (Å²) >= 11 is 5.15. The molecule has 0 fully saturated rings. The summed E-state index contributed by atoms with van der Waals surface area (Å²) in [5, 5.41) is 13.6. The monoisotopic (exact) mass is 286 g/mol. The van der Waals surface area contributed by atoms with Crippen LogP contribution in [-0.2, 0) is 0 Å². The van der Waals surface area contributed by atoms with Crippen molar-refractivity contribution in [3.8, 4) is 0 Å². The van der Waals surface area contributed by atoms with Crippen LogP contribution in [0.4, 0.5) is 0 Å². The first-order valence-electron chi connectivity index (χ1n) is 7.15. The van der Waals surface area contributed by atoms with E-state index in [-0.39, 0.29) is 0 Å². The van der Waals surface area contributed by atoms with E-state index in [2.05, 4.69) is 55.5 Å². The van der Waals surface area contributed by atoms with Gasteiger partial charge in [-0.2, -0.15) is 0 Å². The molecule has 0 heterocycles. The van der Waals surface area contributed by atoms with Gasteiger partial charge in [0.05, 0.1) is 5.82 Å². The van der Waals surface area contributed by atoms with Gasteiger partial charge in [0.2, 0.25) is 0 Å². The predicted molar refractivity (Wildman–Crippen MR) is 88.1 cm³/mol. The van der Waals surface area contributed by atoms with Crippen molar-refractivity contribution in [2.24, 2.45) is 0 Å². The fourth-order valence-corrected chi connectivity index (χ4v) is 1.92. The van der Waals surface area contributed by atoms with Crippen molar-refractivity contribution < 1.29 is 0 Å². The molecule has 0 aliphatic carbocycles. The summed E-state index contributed by atoms with van der Waals surface area (Å²) in [6.45, 7) is 14.2. The van der Waals surface area contributed by atoms with Crippen molar-refractivity contribution >= 4 is 17.3 Å². The summed E-state index contributed by atoms with van der Waals surface area (Å²) in [6.07, 6.45) is 3.45. The summed E-state index contributed by atoms with van der Waals surface area (Å²) in [7, 11) is 0. The summed E-state index contributed by atoms with van der Waals surface area (Å²) in [4.78, 5) is 0. The summed E-state index contributed by atoms with van der Waals surface area (Å²) in [6, 6.07) is 0.822. The van der Waals surface area contributed by atoms with E-state index in [1.807, 2.05) is 0 Å². The Morgan fingerprint density at radius 3 is 1.95 bits per heavy atom. The SMILES string of the molecule is C=C(NCCCCCNC(=S)NC(C)C)NC(C)C. The van der Waals surface area contributed by atoms with E-state index >= 15 is 0 Å². The smallest absolute Gasteiger partial charge is 0.166 e. The minimum absolute atomic E-state index is 0.392. The van der Waals surface area contributed by atoms with Crippen LogP contribution in [-0.4, -0.2) is 30.3 Å². The number of hydrogen-bond donors (Lipinski definition) is 4. The molecule has 0 amide bonds. The Balaban J connectivity index is 3.32. The lowest BCUT2D eigenvalue weighted by Crippen LogP contribution is -2.39. The minimum Gasteiger partial charge on any atom is -0.372 e. The topological polar surface area (TPSA) is 48.1 Å². The van der Waals surface area contributed by atoms with Gasteiger partial charge in [0, 0.05) is 25.2 Å². The van der Waals surface area contributed by atoms with E-state index in [9.17, 15) is 0 Å². The van der Waals surface area contributed by atoms with Gasteiger partial charge in [-0.3, -0.25) is 0 Å². The molecule has 0 bridgehead atoms. The Labute approximate surface area is 123 Å². The first-order valence-corrected chi connectivity index (χ1v) is 7.56. The highest BCUT2D eigenvalue weighted by Gasteiger charge is 1.98. The van der Waals surface area contributed by atoms with Crippen molar-refractivity contribution in [3.05, 3.63) is 12.4 Å². The van der Waals surface area contributed by atoms with Crippen molar-refractivity contribution in [2.75, 3.05) is 13.1 Å². The van der Waals surface area contributed by atoms with Crippen LogP contribution in [0, 0.1) is 0 Å². The van der Waals surface area contributed by atoms with Crippen LogP contribution in [0.2, 0.25) is 0 Å². The maximum absolute atomic E-state index is 5.15. The third kappa shape index (κ3) is 13.3. The fourth-order valence-electron chi connectivity index (χ4n) is 1.58. The molecule has 0 aromatic carbocycles. The van der Waals surface area contributed by atoms with Gasteiger partial charge < -0.3 is 21.3 Å². The second-order valence-electron chi connectivity index (χ2n) is 5.32. The van der Waals surface area contributed by atoms with Crippen LogP contribution in [0.3, 0.4) is 0 Å². The Kier molecular flexibility index (Phi) is 10.4. The molecule has 0 atom stereocenters. The van der Waals surface area contributed by atoms with Crippen LogP contribution in [0.15, 0.2) is 12.4 Å². The first-order chi connectivity index (χ1) is 8.91. The number of hydrogen-bond acceptors (Lipinski definition) is 3. The van der Waals surface area contributed by atoms with E-state index in [1.54, 1.807) is 0 Å². The molecule has 0 aliphatic heterocycles. The van der Waals surface area contributed by atoms with E-state index in [0.29, 0.717) is 12.1 Å². The van der Waals surface area contributed by atoms with E-state index < -0.39 is 0 Å². The molecule has 0 radical (unpaired) electrons.